The lowest BCUT2D eigenvalue weighted by Crippen LogP contribution is -2.54. The molecule has 19 heavy (non-hydrogen) atoms. The van der Waals surface area contributed by atoms with Crippen molar-refractivity contribution in [1.29, 1.82) is 0 Å². The molecular weight excluding hydrogens is 268 g/mol. The summed E-state index contributed by atoms with van der Waals surface area (Å²) in [5, 5.41) is 8.27. The van der Waals surface area contributed by atoms with Crippen LogP contribution in [0.2, 0.25) is 0 Å². The molecule has 6 nitrogen and oxygen atoms in total. The summed E-state index contributed by atoms with van der Waals surface area (Å²) in [6.07, 6.45) is 0. The largest absolute Gasteiger partial charge is 0.338 e. The number of piperazine rings is 1. The number of nitrogens with zero attached hydrogens (tertiary/aromatic N) is 1. The zero-order chi connectivity index (χ0) is 13.5. The standard InChI is InChI=1S/C12H24N4O2.ClH/c1-9(2)6-14-12(18)15-11(17)8-16-5-4-13-7-10(16)3;/h9-10,13H,4-8H2,1-3H3,(H2,14,15,17,18);1H/t10-;/m1./s1. The summed E-state index contributed by atoms with van der Waals surface area (Å²) in [6.45, 7) is 9.53. The Balaban J connectivity index is 0.00000324. The van der Waals surface area contributed by atoms with Gasteiger partial charge in [-0.3, -0.25) is 15.0 Å². The smallest absolute Gasteiger partial charge is 0.321 e. The van der Waals surface area contributed by atoms with Crippen LogP contribution in [0.5, 0.6) is 0 Å². The van der Waals surface area contributed by atoms with E-state index in [1.54, 1.807) is 0 Å². The quantitative estimate of drug-likeness (QED) is 0.691. The van der Waals surface area contributed by atoms with Crippen LogP contribution in [0.1, 0.15) is 20.8 Å². The van der Waals surface area contributed by atoms with Gasteiger partial charge in [0.1, 0.15) is 0 Å². The molecule has 3 N–H and O–H groups in total. The summed E-state index contributed by atoms with van der Waals surface area (Å²) in [4.78, 5) is 25.2. The first-order chi connectivity index (χ1) is 8.49. The lowest BCUT2D eigenvalue weighted by molar-refractivity contribution is -0.121. The van der Waals surface area contributed by atoms with Gasteiger partial charge in [0.15, 0.2) is 0 Å². The maximum atomic E-state index is 11.7. The van der Waals surface area contributed by atoms with E-state index in [0.29, 0.717) is 18.5 Å². The fourth-order valence-electron chi connectivity index (χ4n) is 1.81. The number of halogens is 1. The molecule has 7 heteroatoms. The van der Waals surface area contributed by atoms with Gasteiger partial charge in [0.25, 0.3) is 0 Å². The van der Waals surface area contributed by atoms with Crippen molar-refractivity contribution in [2.45, 2.75) is 26.8 Å². The molecule has 1 rings (SSSR count). The van der Waals surface area contributed by atoms with Gasteiger partial charge in [0, 0.05) is 32.2 Å². The monoisotopic (exact) mass is 292 g/mol. The van der Waals surface area contributed by atoms with Crippen molar-refractivity contribution in [2.24, 2.45) is 5.92 Å². The van der Waals surface area contributed by atoms with Crippen LogP contribution in [0.15, 0.2) is 0 Å². The lowest BCUT2D eigenvalue weighted by atomic mass is 10.2. The Kier molecular flexibility index (Phi) is 8.71. The second kappa shape index (κ2) is 9.12. The molecule has 1 aliphatic rings. The van der Waals surface area contributed by atoms with Crippen molar-refractivity contribution < 1.29 is 9.59 Å². The first kappa shape index (κ1) is 18.1. The van der Waals surface area contributed by atoms with Crippen LogP contribution < -0.4 is 16.0 Å². The van der Waals surface area contributed by atoms with E-state index in [2.05, 4.69) is 27.8 Å². The summed E-state index contributed by atoms with van der Waals surface area (Å²) in [5.74, 6) is 0.129. The molecule has 0 bridgehead atoms. The Morgan fingerprint density at radius 3 is 2.68 bits per heavy atom. The van der Waals surface area contributed by atoms with Crippen molar-refractivity contribution in [3.63, 3.8) is 0 Å². The minimum atomic E-state index is -0.406. The molecule has 0 aliphatic carbocycles. The Hall–Kier alpha value is -0.850. The van der Waals surface area contributed by atoms with E-state index in [9.17, 15) is 9.59 Å². The third kappa shape index (κ3) is 7.34. The Bertz CT molecular complexity index is 299. The second-order valence-corrected chi connectivity index (χ2v) is 5.18. The van der Waals surface area contributed by atoms with Gasteiger partial charge >= 0.3 is 6.03 Å². The number of carbonyl (C=O) groups is 2. The molecule has 1 atom stereocenters. The Morgan fingerprint density at radius 1 is 1.42 bits per heavy atom. The molecule has 1 heterocycles. The van der Waals surface area contributed by atoms with Crippen molar-refractivity contribution in [3.05, 3.63) is 0 Å². The average molecular weight is 293 g/mol. The van der Waals surface area contributed by atoms with Crippen LogP contribution in [0.3, 0.4) is 0 Å². The number of amides is 3. The van der Waals surface area contributed by atoms with Gasteiger partial charge in [-0.25, -0.2) is 4.79 Å². The Morgan fingerprint density at radius 2 is 2.11 bits per heavy atom. The van der Waals surface area contributed by atoms with E-state index in [-0.39, 0.29) is 24.9 Å². The van der Waals surface area contributed by atoms with E-state index in [0.717, 1.165) is 19.6 Å². The second-order valence-electron chi connectivity index (χ2n) is 5.18. The van der Waals surface area contributed by atoms with Crippen molar-refractivity contribution in [3.8, 4) is 0 Å². The minimum Gasteiger partial charge on any atom is -0.338 e. The van der Waals surface area contributed by atoms with Gasteiger partial charge in [0.05, 0.1) is 6.54 Å². The predicted molar refractivity (Wildman–Crippen MR) is 77.5 cm³/mol. The fraction of sp³-hybridized carbons (Fsp3) is 0.833. The summed E-state index contributed by atoms with van der Waals surface area (Å²) in [5.41, 5.74) is 0. The highest BCUT2D eigenvalue weighted by Crippen LogP contribution is 2.00. The van der Waals surface area contributed by atoms with E-state index in [4.69, 9.17) is 0 Å². The van der Waals surface area contributed by atoms with E-state index >= 15 is 0 Å². The highest BCUT2D eigenvalue weighted by Gasteiger charge is 2.20. The zero-order valence-electron chi connectivity index (χ0n) is 11.9. The maximum Gasteiger partial charge on any atom is 0.321 e. The highest BCUT2D eigenvalue weighted by atomic mass is 35.5. The summed E-state index contributed by atoms with van der Waals surface area (Å²) in [6, 6.07) is -0.0836. The summed E-state index contributed by atoms with van der Waals surface area (Å²) in [7, 11) is 0. The number of urea groups is 1. The SMILES string of the molecule is CC(C)CNC(=O)NC(=O)CN1CCNC[C@H]1C.Cl. The maximum absolute atomic E-state index is 11.7. The van der Waals surface area contributed by atoms with Crippen molar-refractivity contribution in [1.82, 2.24) is 20.9 Å². The predicted octanol–water partition coefficient (Wildman–Crippen LogP) is 0.184. The molecule has 0 saturated carbocycles. The van der Waals surface area contributed by atoms with Crippen LogP contribution in [0.25, 0.3) is 0 Å². The molecule has 0 aromatic heterocycles. The highest BCUT2D eigenvalue weighted by molar-refractivity contribution is 5.95. The molecule has 112 valence electrons. The molecule has 0 aromatic rings. The van der Waals surface area contributed by atoms with Gasteiger partial charge in [-0.1, -0.05) is 13.8 Å². The number of hydrogen-bond donors (Lipinski definition) is 3. The number of nitrogens with one attached hydrogen (secondary N) is 3. The zero-order valence-corrected chi connectivity index (χ0v) is 12.7. The van der Waals surface area contributed by atoms with Crippen LogP contribution in [0.4, 0.5) is 4.79 Å². The topological polar surface area (TPSA) is 73.5 Å². The van der Waals surface area contributed by atoms with E-state index < -0.39 is 6.03 Å². The van der Waals surface area contributed by atoms with Gasteiger partial charge in [-0.05, 0) is 12.8 Å². The normalized spacial score (nSPS) is 19.7. The van der Waals surface area contributed by atoms with Gasteiger partial charge < -0.3 is 10.6 Å². The first-order valence-electron chi connectivity index (χ1n) is 6.51. The molecular formula is C12H25ClN4O2. The number of rotatable bonds is 4. The number of hydrogen-bond acceptors (Lipinski definition) is 4. The van der Waals surface area contributed by atoms with Crippen molar-refractivity contribution in [2.75, 3.05) is 32.7 Å². The molecule has 0 unspecified atom stereocenters. The fourth-order valence-corrected chi connectivity index (χ4v) is 1.81. The van der Waals surface area contributed by atoms with Gasteiger partial charge in [0.2, 0.25) is 5.91 Å². The van der Waals surface area contributed by atoms with Crippen LogP contribution in [-0.2, 0) is 4.79 Å². The molecule has 1 saturated heterocycles. The molecule has 0 aromatic carbocycles. The van der Waals surface area contributed by atoms with Gasteiger partial charge in [-0.2, -0.15) is 0 Å². The van der Waals surface area contributed by atoms with Crippen LogP contribution >= 0.6 is 12.4 Å². The molecule has 0 spiro atoms. The average Bonchev–Trinajstić information content (AvgIpc) is 2.29. The van der Waals surface area contributed by atoms with E-state index in [1.165, 1.54) is 0 Å². The van der Waals surface area contributed by atoms with Crippen LogP contribution in [0, 0.1) is 5.92 Å². The lowest BCUT2D eigenvalue weighted by Gasteiger charge is -2.33. The molecule has 0 radical (unpaired) electrons. The summed E-state index contributed by atoms with van der Waals surface area (Å²) >= 11 is 0. The first-order valence-corrected chi connectivity index (χ1v) is 6.51. The molecule has 1 aliphatic heterocycles. The van der Waals surface area contributed by atoms with E-state index in [1.807, 2.05) is 13.8 Å². The van der Waals surface area contributed by atoms with Crippen LogP contribution in [-0.4, -0.2) is 55.6 Å². The third-order valence-electron chi connectivity index (χ3n) is 2.91. The molecule has 1 fully saturated rings. The van der Waals surface area contributed by atoms with Gasteiger partial charge in [-0.15, -0.1) is 12.4 Å². The Labute approximate surface area is 121 Å². The van der Waals surface area contributed by atoms with Crippen molar-refractivity contribution >= 4 is 24.3 Å². The number of imide groups is 1. The number of carbonyl (C=O) groups excluding carboxylic acids is 2. The molecule has 3 amide bonds. The minimum absolute atomic E-state index is 0. The third-order valence-corrected chi connectivity index (χ3v) is 2.91. The summed E-state index contributed by atoms with van der Waals surface area (Å²) < 4.78 is 0.